The van der Waals surface area contributed by atoms with Gasteiger partial charge in [-0.2, -0.15) is 0 Å². The number of fused-ring (bicyclic) bond motifs is 1. The predicted molar refractivity (Wildman–Crippen MR) is 71.3 cm³/mol. The van der Waals surface area contributed by atoms with Gasteiger partial charge in [0.05, 0.1) is 0 Å². The largest absolute Gasteiger partial charge is 0.480 e. The third kappa shape index (κ3) is 2.03. The van der Waals surface area contributed by atoms with Gasteiger partial charge in [-0.3, -0.25) is 14.4 Å². The smallest absolute Gasteiger partial charge is 0.319 e. The number of aryl methyl sites for hydroxylation is 1. The summed E-state index contributed by atoms with van der Waals surface area (Å²) < 4.78 is 0. The van der Waals surface area contributed by atoms with Crippen LogP contribution in [0.5, 0.6) is 0 Å². The molecule has 104 valence electrons. The molecule has 1 aliphatic carbocycles. The second-order valence-corrected chi connectivity index (χ2v) is 5.26. The standard InChI is InChI=1S/C14H14N2O4/c17-11-4-2-8-1-3-9(7-10(8)16-11)15-12(18)14(5-6-14)13(19)20/h1,3,7H,2,4-6H2,(H,15,18)(H,16,17)(H,19,20). The first-order valence-electron chi connectivity index (χ1n) is 6.49. The van der Waals surface area contributed by atoms with E-state index in [2.05, 4.69) is 10.6 Å². The molecule has 6 heteroatoms. The number of anilines is 2. The zero-order chi connectivity index (χ0) is 14.3. The van der Waals surface area contributed by atoms with Crippen LogP contribution in [0.15, 0.2) is 18.2 Å². The van der Waals surface area contributed by atoms with E-state index in [1.165, 1.54) is 0 Å². The Balaban J connectivity index is 1.79. The number of aliphatic carboxylic acids is 1. The quantitative estimate of drug-likeness (QED) is 0.725. The summed E-state index contributed by atoms with van der Waals surface area (Å²) in [5, 5.41) is 14.4. The van der Waals surface area contributed by atoms with Gasteiger partial charge in [-0.05, 0) is 37.0 Å². The van der Waals surface area contributed by atoms with Gasteiger partial charge in [0.1, 0.15) is 5.41 Å². The minimum Gasteiger partial charge on any atom is -0.480 e. The van der Waals surface area contributed by atoms with Crippen LogP contribution in [0.4, 0.5) is 11.4 Å². The minimum atomic E-state index is -1.26. The van der Waals surface area contributed by atoms with Gasteiger partial charge in [0.15, 0.2) is 0 Å². The first-order chi connectivity index (χ1) is 9.51. The van der Waals surface area contributed by atoms with E-state index in [0.29, 0.717) is 37.1 Å². The molecule has 1 saturated carbocycles. The average molecular weight is 274 g/mol. The molecule has 0 saturated heterocycles. The number of benzene rings is 1. The van der Waals surface area contributed by atoms with Crippen LogP contribution in [0, 0.1) is 5.41 Å². The molecular formula is C14H14N2O4. The summed E-state index contributed by atoms with van der Waals surface area (Å²) in [7, 11) is 0. The Bertz CT molecular complexity index is 620. The van der Waals surface area contributed by atoms with Crippen LogP contribution in [-0.2, 0) is 20.8 Å². The summed E-state index contributed by atoms with van der Waals surface area (Å²) in [6.45, 7) is 0. The summed E-state index contributed by atoms with van der Waals surface area (Å²) in [5.41, 5.74) is 0.934. The van der Waals surface area contributed by atoms with Crippen molar-refractivity contribution in [3.63, 3.8) is 0 Å². The lowest BCUT2D eigenvalue weighted by Gasteiger charge is -2.18. The third-order valence-corrected chi connectivity index (χ3v) is 3.86. The molecule has 1 aliphatic heterocycles. The SMILES string of the molecule is O=C1CCc2ccc(NC(=O)C3(C(=O)O)CC3)cc2N1. The Hall–Kier alpha value is -2.37. The van der Waals surface area contributed by atoms with Gasteiger partial charge in [-0.25, -0.2) is 0 Å². The van der Waals surface area contributed by atoms with E-state index < -0.39 is 17.3 Å². The molecule has 20 heavy (non-hydrogen) atoms. The number of carboxylic acid groups (broad SMARTS) is 1. The number of carbonyl (C=O) groups is 3. The van der Waals surface area contributed by atoms with Gasteiger partial charge < -0.3 is 15.7 Å². The highest BCUT2D eigenvalue weighted by molar-refractivity contribution is 6.11. The van der Waals surface area contributed by atoms with Crippen LogP contribution >= 0.6 is 0 Å². The highest BCUT2D eigenvalue weighted by Crippen LogP contribution is 2.46. The molecule has 0 unspecified atom stereocenters. The van der Waals surface area contributed by atoms with Gasteiger partial charge in [0.25, 0.3) is 0 Å². The van der Waals surface area contributed by atoms with Crippen LogP contribution in [-0.4, -0.2) is 22.9 Å². The summed E-state index contributed by atoms with van der Waals surface area (Å²) in [5.74, 6) is -1.63. The first-order valence-corrected chi connectivity index (χ1v) is 6.49. The van der Waals surface area contributed by atoms with Crippen molar-refractivity contribution in [2.75, 3.05) is 10.6 Å². The van der Waals surface area contributed by atoms with E-state index in [9.17, 15) is 14.4 Å². The molecule has 1 heterocycles. The number of carbonyl (C=O) groups excluding carboxylic acids is 2. The molecule has 3 N–H and O–H groups in total. The number of nitrogens with one attached hydrogen (secondary N) is 2. The highest BCUT2D eigenvalue weighted by Gasteiger charge is 2.57. The van der Waals surface area contributed by atoms with Crippen LogP contribution in [0.2, 0.25) is 0 Å². The van der Waals surface area contributed by atoms with E-state index in [1.54, 1.807) is 12.1 Å². The number of hydrogen-bond donors (Lipinski definition) is 3. The molecule has 1 aromatic rings. The molecule has 0 radical (unpaired) electrons. The first kappa shape index (κ1) is 12.7. The molecule has 3 rings (SSSR count). The lowest BCUT2D eigenvalue weighted by molar-refractivity contribution is -0.147. The monoisotopic (exact) mass is 274 g/mol. The minimum absolute atomic E-state index is 0.0508. The van der Waals surface area contributed by atoms with E-state index in [4.69, 9.17) is 5.11 Å². The Morgan fingerprint density at radius 1 is 1.25 bits per heavy atom. The molecule has 0 bridgehead atoms. The molecule has 2 amide bonds. The van der Waals surface area contributed by atoms with Gasteiger partial charge in [-0.1, -0.05) is 6.07 Å². The van der Waals surface area contributed by atoms with Crippen molar-refractivity contribution in [1.82, 2.24) is 0 Å². The van der Waals surface area contributed by atoms with E-state index in [0.717, 1.165) is 5.56 Å². The van der Waals surface area contributed by atoms with Crippen molar-refractivity contribution in [2.45, 2.75) is 25.7 Å². The fourth-order valence-corrected chi connectivity index (χ4v) is 2.36. The predicted octanol–water partition coefficient (Wildman–Crippen LogP) is 1.37. The van der Waals surface area contributed by atoms with Crippen molar-refractivity contribution >= 4 is 29.2 Å². The summed E-state index contributed by atoms with van der Waals surface area (Å²) >= 11 is 0. The number of carboxylic acids is 1. The van der Waals surface area contributed by atoms with Gasteiger partial charge >= 0.3 is 5.97 Å². The van der Waals surface area contributed by atoms with Crippen molar-refractivity contribution in [1.29, 1.82) is 0 Å². The Labute approximate surface area is 115 Å². The van der Waals surface area contributed by atoms with Gasteiger partial charge in [0.2, 0.25) is 11.8 Å². The lowest BCUT2D eigenvalue weighted by atomic mass is 10.0. The fourth-order valence-electron chi connectivity index (χ4n) is 2.36. The average Bonchev–Trinajstić information content (AvgIpc) is 3.19. The lowest BCUT2D eigenvalue weighted by Crippen LogP contribution is -2.31. The Morgan fingerprint density at radius 3 is 2.65 bits per heavy atom. The zero-order valence-corrected chi connectivity index (χ0v) is 10.7. The highest BCUT2D eigenvalue weighted by atomic mass is 16.4. The summed E-state index contributed by atoms with van der Waals surface area (Å²) in [4.78, 5) is 34.4. The molecule has 6 nitrogen and oxygen atoms in total. The Kier molecular flexibility index (Phi) is 2.74. The van der Waals surface area contributed by atoms with E-state index in [-0.39, 0.29) is 5.91 Å². The maximum absolute atomic E-state index is 12.0. The normalized spacial score (nSPS) is 18.7. The van der Waals surface area contributed by atoms with Crippen molar-refractivity contribution < 1.29 is 19.5 Å². The third-order valence-electron chi connectivity index (χ3n) is 3.86. The zero-order valence-electron chi connectivity index (χ0n) is 10.7. The van der Waals surface area contributed by atoms with Gasteiger partial charge in [-0.15, -0.1) is 0 Å². The molecule has 1 aromatic carbocycles. The molecule has 2 aliphatic rings. The molecule has 0 spiro atoms. The maximum atomic E-state index is 12.0. The van der Waals surface area contributed by atoms with Crippen LogP contribution in [0.3, 0.4) is 0 Å². The van der Waals surface area contributed by atoms with Crippen molar-refractivity contribution in [3.8, 4) is 0 Å². The number of rotatable bonds is 3. The Morgan fingerprint density at radius 2 is 2.00 bits per heavy atom. The molecule has 1 fully saturated rings. The molecular weight excluding hydrogens is 260 g/mol. The summed E-state index contributed by atoms with van der Waals surface area (Å²) in [6.07, 6.45) is 1.88. The second-order valence-electron chi connectivity index (χ2n) is 5.26. The topological polar surface area (TPSA) is 95.5 Å². The number of hydrogen-bond acceptors (Lipinski definition) is 3. The fraction of sp³-hybridized carbons (Fsp3) is 0.357. The summed E-state index contributed by atoms with van der Waals surface area (Å²) in [6, 6.07) is 5.24. The van der Waals surface area contributed by atoms with Crippen molar-refractivity contribution in [3.05, 3.63) is 23.8 Å². The van der Waals surface area contributed by atoms with Gasteiger partial charge in [0, 0.05) is 17.8 Å². The van der Waals surface area contributed by atoms with Crippen LogP contribution < -0.4 is 10.6 Å². The molecule has 0 atom stereocenters. The maximum Gasteiger partial charge on any atom is 0.319 e. The van der Waals surface area contributed by atoms with E-state index >= 15 is 0 Å². The van der Waals surface area contributed by atoms with Crippen molar-refractivity contribution in [2.24, 2.45) is 5.41 Å². The number of amides is 2. The van der Waals surface area contributed by atoms with Crippen LogP contribution in [0.25, 0.3) is 0 Å². The van der Waals surface area contributed by atoms with E-state index in [1.807, 2.05) is 6.07 Å². The second kappa shape index (κ2) is 4.33. The van der Waals surface area contributed by atoms with Crippen LogP contribution in [0.1, 0.15) is 24.8 Å². The molecule has 0 aromatic heterocycles.